The van der Waals surface area contributed by atoms with Crippen LogP contribution in [0.1, 0.15) is 81.4 Å². The first-order chi connectivity index (χ1) is 33.9. The maximum atomic E-state index is 13.6. The third-order valence-corrected chi connectivity index (χ3v) is 14.3. The number of hydrogen-bond donors (Lipinski definition) is 2. The molecule has 4 aliphatic heterocycles. The molecule has 0 radical (unpaired) electrons. The zero-order valence-corrected chi connectivity index (χ0v) is 40.2. The molecule has 0 bridgehead atoms. The summed E-state index contributed by atoms with van der Waals surface area (Å²) in [6.45, 7) is 11.3. The Morgan fingerprint density at radius 2 is 1.21 bits per heavy atom. The number of anilines is 2. The molecule has 70 heavy (non-hydrogen) atoms. The van der Waals surface area contributed by atoms with Gasteiger partial charge < -0.3 is 38.9 Å². The third kappa shape index (κ3) is 10.4. The van der Waals surface area contributed by atoms with Gasteiger partial charge in [-0.25, -0.2) is 32.9 Å². The first kappa shape index (κ1) is 48.6. The first-order valence-corrected chi connectivity index (χ1v) is 24.4. The summed E-state index contributed by atoms with van der Waals surface area (Å²) in [5, 5.41) is 28.0. The van der Waals surface area contributed by atoms with Crippen LogP contribution in [0, 0.1) is 23.0 Å². The average Bonchev–Trinajstić information content (AvgIpc) is 3.92. The number of benzene rings is 2. The number of ether oxygens (including phenoxy) is 3. The molecule has 370 valence electrons. The summed E-state index contributed by atoms with van der Waals surface area (Å²) < 4.78 is 47.2. The van der Waals surface area contributed by atoms with E-state index in [-0.39, 0.29) is 28.8 Å². The van der Waals surface area contributed by atoms with Crippen molar-refractivity contribution < 1.29 is 32.9 Å². The van der Waals surface area contributed by atoms with Gasteiger partial charge in [0.2, 0.25) is 5.88 Å². The second kappa shape index (κ2) is 21.3. The van der Waals surface area contributed by atoms with Crippen LogP contribution in [0.4, 0.5) is 20.2 Å². The highest BCUT2D eigenvalue weighted by Crippen LogP contribution is 2.38. The number of halogens is 2. The number of pyridine rings is 2. The Hall–Kier alpha value is -6.46. The number of aromatic nitrogens is 6. The van der Waals surface area contributed by atoms with Crippen LogP contribution in [-0.4, -0.2) is 147 Å². The number of carbonyl (C=O) groups is 1. The second-order valence-electron chi connectivity index (χ2n) is 18.9. The fourth-order valence-corrected chi connectivity index (χ4v) is 10.6. The van der Waals surface area contributed by atoms with E-state index < -0.39 is 11.8 Å². The number of nitrogens with one attached hydrogen (secondary N) is 1. The average molecular weight is 962 g/mol. The Labute approximate surface area is 405 Å². The molecular formula is C51H61F2N11O6. The van der Waals surface area contributed by atoms with Crippen LogP contribution in [0.25, 0.3) is 33.4 Å². The van der Waals surface area contributed by atoms with Crippen molar-refractivity contribution in [3.05, 3.63) is 94.0 Å². The summed E-state index contributed by atoms with van der Waals surface area (Å²) in [6, 6.07) is 18.2. The van der Waals surface area contributed by atoms with E-state index in [1.54, 1.807) is 31.0 Å². The second-order valence-corrected chi connectivity index (χ2v) is 18.9. The van der Waals surface area contributed by atoms with Crippen LogP contribution in [0.5, 0.6) is 5.88 Å². The quantitative estimate of drug-likeness (QED) is 0.136. The number of rotatable bonds is 11. The molecule has 17 nitrogen and oxygen atoms in total. The van der Waals surface area contributed by atoms with E-state index in [4.69, 9.17) is 19.3 Å². The van der Waals surface area contributed by atoms with E-state index in [1.807, 2.05) is 19.9 Å². The lowest BCUT2D eigenvalue weighted by atomic mass is 9.98. The van der Waals surface area contributed by atoms with Gasteiger partial charge in [0.25, 0.3) is 5.56 Å². The van der Waals surface area contributed by atoms with Gasteiger partial charge in [-0.1, -0.05) is 0 Å². The van der Waals surface area contributed by atoms with Gasteiger partial charge in [0, 0.05) is 78.7 Å². The van der Waals surface area contributed by atoms with Crippen LogP contribution in [-0.2, 0) is 9.47 Å². The summed E-state index contributed by atoms with van der Waals surface area (Å²) in [4.78, 5) is 43.2. The number of H-pyrrole nitrogens is 1. The maximum absolute atomic E-state index is 13.6. The molecule has 0 unspecified atom stereocenters. The topological polar surface area (TPSA) is 183 Å². The Morgan fingerprint density at radius 3 is 1.69 bits per heavy atom. The fraction of sp³-hybridized carbons (Fsp3) is 0.490. The SMILES string of the molecule is COC1CCN(C2CCN(c3cc(C#N)nc4c3c(OC(C)C)nn4-c3ccc(F)cc3)CC2)CC1.COC1CCN(C2CCN(c3cc(C(=O)O)nc4c3c(=O)[nH]n4-c3ccc(F)cc3)CC2)CC1. The van der Waals surface area contributed by atoms with Crippen molar-refractivity contribution >= 4 is 39.4 Å². The molecule has 0 amide bonds. The number of aromatic amines is 1. The first-order valence-electron chi connectivity index (χ1n) is 24.4. The molecule has 4 fully saturated rings. The summed E-state index contributed by atoms with van der Waals surface area (Å²) in [7, 11) is 3.57. The van der Waals surface area contributed by atoms with Crippen molar-refractivity contribution in [3.63, 3.8) is 0 Å². The van der Waals surface area contributed by atoms with Gasteiger partial charge in [-0.3, -0.25) is 9.89 Å². The normalized spacial score (nSPS) is 18.4. The molecule has 19 heteroatoms. The number of methoxy groups -OCH3 is 2. The molecule has 4 aliphatic rings. The van der Waals surface area contributed by atoms with Crippen molar-refractivity contribution in [3.8, 4) is 23.3 Å². The molecule has 4 saturated heterocycles. The minimum absolute atomic E-state index is 0.0889. The lowest BCUT2D eigenvalue weighted by molar-refractivity contribution is 0.0232. The lowest BCUT2D eigenvalue weighted by Gasteiger charge is -2.42. The molecule has 8 heterocycles. The predicted octanol–water partition coefficient (Wildman–Crippen LogP) is 6.93. The minimum atomic E-state index is -1.17. The molecule has 10 rings (SSSR count). The molecule has 0 saturated carbocycles. The number of hydrogen-bond acceptors (Lipinski definition) is 13. The zero-order chi connectivity index (χ0) is 49.1. The highest BCUT2D eigenvalue weighted by Gasteiger charge is 2.33. The van der Waals surface area contributed by atoms with Gasteiger partial charge in [-0.15, -0.1) is 5.10 Å². The van der Waals surface area contributed by atoms with E-state index in [2.05, 4.69) is 40.7 Å². The Kier molecular flexibility index (Phi) is 14.8. The van der Waals surface area contributed by atoms with Crippen molar-refractivity contribution in [2.24, 2.45) is 0 Å². The molecule has 2 N–H and O–H groups in total. The fourth-order valence-electron chi connectivity index (χ4n) is 10.6. The number of nitrogens with zero attached hydrogens (tertiary/aromatic N) is 10. The minimum Gasteiger partial charge on any atom is -0.477 e. The van der Waals surface area contributed by atoms with Gasteiger partial charge >= 0.3 is 5.97 Å². The molecule has 0 atom stereocenters. The molecule has 4 aromatic heterocycles. The van der Waals surface area contributed by atoms with E-state index in [0.29, 0.717) is 77.1 Å². The Morgan fingerprint density at radius 1 is 0.714 bits per heavy atom. The molecule has 2 aromatic carbocycles. The third-order valence-electron chi connectivity index (χ3n) is 14.3. The van der Waals surface area contributed by atoms with E-state index in [0.717, 1.165) is 102 Å². The van der Waals surface area contributed by atoms with Crippen molar-refractivity contribution in [1.29, 1.82) is 5.26 Å². The van der Waals surface area contributed by atoms with E-state index >= 15 is 0 Å². The van der Waals surface area contributed by atoms with Crippen molar-refractivity contribution in [1.82, 2.24) is 39.3 Å². The van der Waals surface area contributed by atoms with Gasteiger partial charge in [-0.05, 0) is 126 Å². The molecule has 0 spiro atoms. The Balaban J connectivity index is 0.000000174. The van der Waals surface area contributed by atoms with Crippen LogP contribution in [0.15, 0.2) is 65.5 Å². The van der Waals surface area contributed by atoms with Gasteiger partial charge in [0.1, 0.15) is 34.2 Å². The number of aromatic carboxylic acids is 1. The number of nitriles is 1. The number of piperidine rings is 4. The van der Waals surface area contributed by atoms with Crippen LogP contribution >= 0.6 is 0 Å². The van der Waals surface area contributed by atoms with E-state index in [1.165, 1.54) is 47.1 Å². The smallest absolute Gasteiger partial charge is 0.354 e. The number of fused-ring (bicyclic) bond motifs is 2. The van der Waals surface area contributed by atoms with Crippen LogP contribution in [0.2, 0.25) is 0 Å². The van der Waals surface area contributed by atoms with Crippen molar-refractivity contribution in [2.45, 2.75) is 95.6 Å². The number of carboxylic acids is 1. The van der Waals surface area contributed by atoms with Gasteiger partial charge in [0.05, 0.1) is 41.1 Å². The Bertz CT molecular complexity index is 2870. The summed E-state index contributed by atoms with van der Waals surface area (Å²) in [6.07, 6.45) is 8.85. The van der Waals surface area contributed by atoms with Crippen molar-refractivity contribution in [2.75, 3.05) is 76.4 Å². The molecule has 0 aliphatic carbocycles. The maximum Gasteiger partial charge on any atom is 0.354 e. The predicted molar refractivity (Wildman–Crippen MR) is 262 cm³/mol. The summed E-state index contributed by atoms with van der Waals surface area (Å²) >= 11 is 0. The largest absolute Gasteiger partial charge is 0.477 e. The highest BCUT2D eigenvalue weighted by atomic mass is 19.1. The highest BCUT2D eigenvalue weighted by molar-refractivity contribution is 5.97. The van der Waals surface area contributed by atoms with Gasteiger partial charge in [0.15, 0.2) is 17.0 Å². The van der Waals surface area contributed by atoms with Crippen LogP contribution in [0.3, 0.4) is 0 Å². The number of carboxylic acid groups (broad SMARTS) is 1. The van der Waals surface area contributed by atoms with Crippen LogP contribution < -0.4 is 20.1 Å². The zero-order valence-electron chi connectivity index (χ0n) is 40.2. The van der Waals surface area contributed by atoms with E-state index in [9.17, 15) is 28.7 Å². The lowest BCUT2D eigenvalue weighted by Crippen LogP contribution is -2.48. The molecule has 6 aromatic rings. The summed E-state index contributed by atoms with van der Waals surface area (Å²) in [5.74, 6) is -1.43. The standard InChI is InChI=1S/C27H33FN6O2.C24H28FN5O4/c1-18(2)36-27-25-24(33-12-8-21(9-13-33)32-14-10-23(35-3)11-15-32)16-20(17-29)30-26(25)34(31-27)22-6-4-19(28)5-7-22;1-34-18-8-12-28(13-9-18)16-6-10-29(11-7-16)20-14-19(24(32)33)26-22-21(20)23(31)27-30(22)17-4-2-15(25)3-5-17/h4-7,16,18,21,23H,8-15H2,1-3H3;2-5,14,16,18H,6-13H2,1H3,(H,27,31)(H,32,33). The molecular weight excluding hydrogens is 901 g/mol. The van der Waals surface area contributed by atoms with Gasteiger partial charge in [-0.2, -0.15) is 5.26 Å². The number of likely N-dealkylation sites (tertiary alicyclic amines) is 2. The summed E-state index contributed by atoms with van der Waals surface area (Å²) in [5.41, 5.74) is 3.21. The monoisotopic (exact) mass is 961 g/mol.